The minimum atomic E-state index is -0.347. The molecule has 0 fully saturated rings. The van der Waals surface area contributed by atoms with Gasteiger partial charge in [-0.05, 0) is 31.2 Å². The number of nitrogens with one attached hydrogen (secondary N) is 2. The van der Waals surface area contributed by atoms with Crippen molar-refractivity contribution >= 4 is 5.91 Å². The highest BCUT2D eigenvalue weighted by Gasteiger charge is 2.09. The topological polar surface area (TPSA) is 54.1 Å². The van der Waals surface area contributed by atoms with Crippen LogP contribution < -0.4 is 10.1 Å². The molecule has 2 aromatic rings. The van der Waals surface area contributed by atoms with Crippen LogP contribution in [0.25, 0.3) is 0 Å². The van der Waals surface area contributed by atoms with Crippen molar-refractivity contribution in [1.82, 2.24) is 10.3 Å². The van der Waals surface area contributed by atoms with Gasteiger partial charge in [-0.1, -0.05) is 6.07 Å². The summed E-state index contributed by atoms with van der Waals surface area (Å²) in [6, 6.07) is 9.35. The van der Waals surface area contributed by atoms with Crippen LogP contribution in [-0.2, 0) is 0 Å². The lowest BCUT2D eigenvalue weighted by Gasteiger charge is -2.15. The third kappa shape index (κ3) is 3.84. The van der Waals surface area contributed by atoms with Crippen molar-refractivity contribution in [2.24, 2.45) is 0 Å². The summed E-state index contributed by atoms with van der Waals surface area (Å²) in [6.45, 7) is 2.15. The Kier molecular flexibility index (Phi) is 4.18. The SMILES string of the molecule is C[C@@H](CNC(=O)c1ccc[nH]1)Oc1cccc(F)c1. The van der Waals surface area contributed by atoms with E-state index in [4.69, 9.17) is 4.74 Å². The Bertz CT molecular complexity index is 540. The molecular weight excluding hydrogens is 247 g/mol. The van der Waals surface area contributed by atoms with Crippen molar-refractivity contribution in [1.29, 1.82) is 0 Å². The Labute approximate surface area is 110 Å². The highest BCUT2D eigenvalue weighted by atomic mass is 19.1. The van der Waals surface area contributed by atoms with Gasteiger partial charge in [-0.15, -0.1) is 0 Å². The standard InChI is InChI=1S/C14H15FN2O2/c1-10(19-12-5-2-4-11(15)8-12)9-17-14(18)13-6-3-7-16-13/h2-8,10,16H,9H2,1H3,(H,17,18)/t10-/m0/s1. The number of aromatic amines is 1. The number of rotatable bonds is 5. The minimum Gasteiger partial charge on any atom is -0.489 e. The zero-order valence-electron chi connectivity index (χ0n) is 10.5. The first-order valence-corrected chi connectivity index (χ1v) is 5.99. The fourth-order valence-corrected chi connectivity index (χ4v) is 1.62. The lowest BCUT2D eigenvalue weighted by atomic mass is 10.3. The Hall–Kier alpha value is -2.30. The summed E-state index contributed by atoms with van der Waals surface area (Å²) in [5, 5.41) is 2.73. The molecule has 0 saturated carbocycles. The predicted octanol–water partition coefficient (Wildman–Crippen LogP) is 2.35. The number of carbonyl (C=O) groups is 1. The fraction of sp³-hybridized carbons (Fsp3) is 0.214. The first-order chi connectivity index (χ1) is 9.15. The minimum absolute atomic E-state index is 0.195. The molecule has 1 aromatic carbocycles. The zero-order valence-corrected chi connectivity index (χ0v) is 10.5. The molecule has 1 atom stereocenters. The second-order valence-corrected chi connectivity index (χ2v) is 4.18. The van der Waals surface area contributed by atoms with Gasteiger partial charge in [0.2, 0.25) is 0 Å². The summed E-state index contributed by atoms with van der Waals surface area (Å²) in [7, 11) is 0. The summed E-state index contributed by atoms with van der Waals surface area (Å²) >= 11 is 0. The molecule has 1 heterocycles. The van der Waals surface area contributed by atoms with Crippen LogP contribution in [0.3, 0.4) is 0 Å². The van der Waals surface area contributed by atoms with E-state index < -0.39 is 0 Å². The van der Waals surface area contributed by atoms with Crippen LogP contribution >= 0.6 is 0 Å². The molecule has 0 spiro atoms. The summed E-state index contributed by atoms with van der Waals surface area (Å²) in [5.41, 5.74) is 0.498. The number of amides is 1. The zero-order chi connectivity index (χ0) is 13.7. The summed E-state index contributed by atoms with van der Waals surface area (Å²) in [6.07, 6.45) is 1.43. The molecule has 2 rings (SSSR count). The van der Waals surface area contributed by atoms with Gasteiger partial charge in [-0.3, -0.25) is 4.79 Å². The molecule has 2 N–H and O–H groups in total. The van der Waals surface area contributed by atoms with Gasteiger partial charge in [0.15, 0.2) is 0 Å². The van der Waals surface area contributed by atoms with Gasteiger partial charge in [0, 0.05) is 12.3 Å². The molecule has 0 radical (unpaired) electrons. The smallest absolute Gasteiger partial charge is 0.267 e. The first kappa shape index (κ1) is 13.1. The third-order valence-corrected chi connectivity index (χ3v) is 2.53. The fourth-order valence-electron chi connectivity index (χ4n) is 1.62. The molecule has 1 aromatic heterocycles. The largest absolute Gasteiger partial charge is 0.489 e. The molecule has 5 heteroatoms. The summed E-state index contributed by atoms with van der Waals surface area (Å²) in [4.78, 5) is 14.5. The summed E-state index contributed by atoms with van der Waals surface area (Å²) < 4.78 is 18.5. The normalized spacial score (nSPS) is 11.9. The maximum atomic E-state index is 13.0. The number of hydrogen-bond acceptors (Lipinski definition) is 2. The van der Waals surface area contributed by atoms with Gasteiger partial charge in [-0.2, -0.15) is 0 Å². The highest BCUT2D eigenvalue weighted by Crippen LogP contribution is 2.13. The molecule has 0 aliphatic rings. The van der Waals surface area contributed by atoms with Crippen LogP contribution in [0.4, 0.5) is 4.39 Å². The van der Waals surface area contributed by atoms with Crippen LogP contribution in [0.5, 0.6) is 5.75 Å². The van der Waals surface area contributed by atoms with E-state index in [1.807, 2.05) is 0 Å². The van der Waals surface area contributed by atoms with E-state index in [1.54, 1.807) is 37.4 Å². The lowest BCUT2D eigenvalue weighted by Crippen LogP contribution is -2.33. The van der Waals surface area contributed by atoms with Crippen LogP contribution in [0.2, 0.25) is 0 Å². The maximum absolute atomic E-state index is 13.0. The van der Waals surface area contributed by atoms with Crippen molar-refractivity contribution in [2.45, 2.75) is 13.0 Å². The Morgan fingerprint density at radius 1 is 1.42 bits per heavy atom. The van der Waals surface area contributed by atoms with E-state index in [2.05, 4.69) is 10.3 Å². The second kappa shape index (κ2) is 6.04. The van der Waals surface area contributed by atoms with E-state index in [0.717, 1.165) is 0 Å². The van der Waals surface area contributed by atoms with Gasteiger partial charge < -0.3 is 15.0 Å². The van der Waals surface area contributed by atoms with E-state index in [1.165, 1.54) is 12.1 Å². The van der Waals surface area contributed by atoms with Gasteiger partial charge >= 0.3 is 0 Å². The van der Waals surface area contributed by atoms with Crippen LogP contribution in [0.1, 0.15) is 17.4 Å². The van der Waals surface area contributed by atoms with Crippen molar-refractivity contribution in [3.8, 4) is 5.75 Å². The van der Waals surface area contributed by atoms with Gasteiger partial charge in [0.05, 0.1) is 6.54 Å². The van der Waals surface area contributed by atoms with E-state index in [-0.39, 0.29) is 17.8 Å². The molecule has 100 valence electrons. The average Bonchev–Trinajstić information content (AvgIpc) is 2.90. The van der Waals surface area contributed by atoms with E-state index >= 15 is 0 Å². The number of H-pyrrole nitrogens is 1. The Morgan fingerprint density at radius 2 is 2.26 bits per heavy atom. The van der Waals surface area contributed by atoms with Gasteiger partial charge in [-0.25, -0.2) is 4.39 Å². The van der Waals surface area contributed by atoms with Crippen LogP contribution in [-0.4, -0.2) is 23.5 Å². The molecule has 4 nitrogen and oxygen atoms in total. The number of hydrogen-bond donors (Lipinski definition) is 2. The highest BCUT2D eigenvalue weighted by molar-refractivity contribution is 5.92. The number of aromatic nitrogens is 1. The van der Waals surface area contributed by atoms with E-state index in [0.29, 0.717) is 18.0 Å². The van der Waals surface area contributed by atoms with E-state index in [9.17, 15) is 9.18 Å². The first-order valence-electron chi connectivity index (χ1n) is 5.99. The van der Waals surface area contributed by atoms with Crippen molar-refractivity contribution in [3.63, 3.8) is 0 Å². The lowest BCUT2D eigenvalue weighted by molar-refractivity contribution is 0.0927. The Balaban J connectivity index is 1.82. The monoisotopic (exact) mass is 262 g/mol. The van der Waals surface area contributed by atoms with Gasteiger partial charge in [0.25, 0.3) is 5.91 Å². The maximum Gasteiger partial charge on any atom is 0.267 e. The van der Waals surface area contributed by atoms with Crippen LogP contribution in [0.15, 0.2) is 42.6 Å². The number of benzene rings is 1. The number of ether oxygens (including phenoxy) is 1. The van der Waals surface area contributed by atoms with Crippen molar-refractivity contribution in [2.75, 3.05) is 6.54 Å². The molecule has 0 aliphatic carbocycles. The number of carbonyl (C=O) groups excluding carboxylic acids is 1. The van der Waals surface area contributed by atoms with Crippen molar-refractivity contribution in [3.05, 3.63) is 54.1 Å². The quantitative estimate of drug-likeness (QED) is 0.869. The third-order valence-electron chi connectivity index (χ3n) is 2.53. The van der Waals surface area contributed by atoms with Gasteiger partial charge in [0.1, 0.15) is 23.4 Å². The van der Waals surface area contributed by atoms with Crippen molar-refractivity contribution < 1.29 is 13.9 Å². The molecule has 19 heavy (non-hydrogen) atoms. The molecule has 1 amide bonds. The Morgan fingerprint density at radius 3 is 2.95 bits per heavy atom. The number of halogens is 1. The second-order valence-electron chi connectivity index (χ2n) is 4.18. The average molecular weight is 262 g/mol. The summed E-state index contributed by atoms with van der Waals surface area (Å²) in [5.74, 6) is -0.0959. The van der Waals surface area contributed by atoms with Crippen LogP contribution in [0, 0.1) is 5.82 Å². The molecule has 0 saturated heterocycles. The predicted molar refractivity (Wildman–Crippen MR) is 69.6 cm³/mol. The molecular formula is C14H15FN2O2. The molecule has 0 bridgehead atoms. The molecule has 0 aliphatic heterocycles. The molecule has 0 unspecified atom stereocenters.